The van der Waals surface area contributed by atoms with E-state index < -0.39 is 56.9 Å². The van der Waals surface area contributed by atoms with Gasteiger partial charge in [-0.05, 0) is 49.0 Å². The second kappa shape index (κ2) is 16.7. The number of nitrogens with one attached hydrogen (secondary N) is 3. The Balaban J connectivity index is 1.38. The lowest BCUT2D eigenvalue weighted by atomic mass is 10.1. The van der Waals surface area contributed by atoms with Gasteiger partial charge in [0.1, 0.15) is 12.1 Å². The molecule has 2 saturated carbocycles. The Morgan fingerprint density at radius 2 is 2.14 bits per heavy atom. The number of nitrogens with zero attached hydrogens (tertiary/aromatic N) is 7. The van der Waals surface area contributed by atoms with Gasteiger partial charge in [0.2, 0.25) is 5.95 Å². The van der Waals surface area contributed by atoms with Crippen LogP contribution in [0.15, 0.2) is 23.4 Å². The number of halogens is 1. The van der Waals surface area contributed by atoms with Crippen molar-refractivity contribution < 1.29 is 37.1 Å². The molecule has 0 saturated heterocycles. The minimum absolute atomic E-state index is 0.0163. The third-order valence-electron chi connectivity index (χ3n) is 8.18. The highest BCUT2D eigenvalue weighted by Crippen LogP contribution is 2.56. The number of nitriles is 1. The summed E-state index contributed by atoms with van der Waals surface area (Å²) in [6.07, 6.45) is -0.251. The molecular formula is C27H38FN10O8P2S+. The number of alkyl halides is 1. The van der Waals surface area contributed by atoms with Crippen LogP contribution in [-0.2, 0) is 34.5 Å². The SMILES string of the molecule is CC(C)CNc1nc2c(nnn2[C@@H]2C[C@H](CO)C[C@H]2O[P@](=S)(OCCC#N)OC[C@H]2C[C@@H](Nc3ccncn3)[C@H](F)[C@@H]2O[P+](=O)O)c(=O)[nH]1. The predicted octanol–water partition coefficient (Wildman–Crippen LogP) is 2.75. The van der Waals surface area contributed by atoms with Crippen LogP contribution in [0.4, 0.5) is 16.2 Å². The first-order valence-corrected chi connectivity index (χ1v) is 19.3. The van der Waals surface area contributed by atoms with Gasteiger partial charge in [0.15, 0.2) is 23.4 Å². The summed E-state index contributed by atoms with van der Waals surface area (Å²) in [5.41, 5.74) is -0.267. The lowest BCUT2D eigenvalue weighted by Gasteiger charge is -2.29. The van der Waals surface area contributed by atoms with E-state index in [0.29, 0.717) is 25.2 Å². The maximum atomic E-state index is 15.6. The normalized spacial score (nSPS) is 26.9. The Hall–Kier alpha value is -3.11. The summed E-state index contributed by atoms with van der Waals surface area (Å²) in [4.78, 5) is 37.4. The number of anilines is 2. The van der Waals surface area contributed by atoms with Crippen LogP contribution < -0.4 is 16.2 Å². The van der Waals surface area contributed by atoms with E-state index in [9.17, 15) is 19.4 Å². The van der Waals surface area contributed by atoms with E-state index in [4.69, 9.17) is 35.2 Å². The van der Waals surface area contributed by atoms with Crippen molar-refractivity contribution in [1.29, 1.82) is 5.26 Å². The Labute approximate surface area is 286 Å². The molecule has 9 atom stereocenters. The van der Waals surface area contributed by atoms with E-state index in [1.165, 1.54) is 17.2 Å². The van der Waals surface area contributed by atoms with E-state index in [0.717, 1.165) is 0 Å². The average Bonchev–Trinajstić information content (AvgIpc) is 3.75. The zero-order valence-electron chi connectivity index (χ0n) is 26.7. The molecule has 0 bridgehead atoms. The summed E-state index contributed by atoms with van der Waals surface area (Å²) in [5.74, 6) is -0.126. The minimum atomic E-state index is -3.71. The summed E-state index contributed by atoms with van der Waals surface area (Å²) in [6.45, 7) is 0.298. The fourth-order valence-electron chi connectivity index (χ4n) is 5.89. The Kier molecular flexibility index (Phi) is 12.7. The highest BCUT2D eigenvalue weighted by molar-refractivity contribution is 8.07. The maximum absolute atomic E-state index is 15.6. The first kappa shape index (κ1) is 37.2. The monoisotopic (exact) mass is 743 g/mol. The van der Waals surface area contributed by atoms with Gasteiger partial charge in [-0.15, -0.1) is 14.5 Å². The second-order valence-corrected chi connectivity index (χ2v) is 15.9. The molecular weight excluding hydrogens is 705 g/mol. The lowest BCUT2D eigenvalue weighted by molar-refractivity contribution is 0.0473. The average molecular weight is 744 g/mol. The summed E-state index contributed by atoms with van der Waals surface area (Å²) in [7, 11) is -3.15. The number of rotatable bonds is 17. The molecule has 2 aliphatic carbocycles. The molecule has 5 N–H and O–H groups in total. The van der Waals surface area contributed by atoms with Crippen LogP contribution in [0.1, 0.15) is 45.6 Å². The van der Waals surface area contributed by atoms with Crippen LogP contribution in [0.3, 0.4) is 0 Å². The van der Waals surface area contributed by atoms with Crippen LogP contribution in [-0.4, -0.2) is 95.7 Å². The van der Waals surface area contributed by atoms with Gasteiger partial charge in [-0.25, -0.2) is 19.0 Å². The fourth-order valence-corrected chi connectivity index (χ4v) is 8.57. The summed E-state index contributed by atoms with van der Waals surface area (Å²) in [6, 6.07) is 2.09. The minimum Gasteiger partial charge on any atom is -0.396 e. The van der Waals surface area contributed by atoms with Gasteiger partial charge < -0.3 is 29.3 Å². The Bertz CT molecular complexity index is 1730. The quantitative estimate of drug-likeness (QED) is 0.0985. The van der Waals surface area contributed by atoms with Crippen molar-refractivity contribution >= 4 is 49.7 Å². The number of hydrogen-bond acceptors (Lipinski definition) is 16. The molecule has 22 heteroatoms. The molecule has 3 aromatic rings. The summed E-state index contributed by atoms with van der Waals surface area (Å²) >= 11 is 5.80. The topological polar surface area (TPSA) is 245 Å². The number of aliphatic hydroxyl groups excluding tert-OH is 1. The van der Waals surface area contributed by atoms with Crippen molar-refractivity contribution in [2.75, 3.05) is 37.0 Å². The molecule has 266 valence electrons. The summed E-state index contributed by atoms with van der Waals surface area (Å²) < 4.78 is 52.2. The molecule has 3 aromatic heterocycles. The smallest absolute Gasteiger partial charge is 0.396 e. The van der Waals surface area contributed by atoms with E-state index in [1.807, 2.05) is 19.9 Å². The van der Waals surface area contributed by atoms with Crippen molar-refractivity contribution in [2.24, 2.45) is 17.8 Å². The summed E-state index contributed by atoms with van der Waals surface area (Å²) in [5, 5.41) is 33.6. The van der Waals surface area contributed by atoms with Gasteiger partial charge in [-0.1, -0.05) is 19.1 Å². The number of H-pyrrole nitrogens is 1. The number of aromatic amines is 1. The van der Waals surface area contributed by atoms with Crippen molar-refractivity contribution in [3.05, 3.63) is 28.9 Å². The fraction of sp³-hybridized carbons (Fsp3) is 0.667. The molecule has 18 nitrogen and oxygen atoms in total. The van der Waals surface area contributed by atoms with Crippen molar-refractivity contribution in [3.63, 3.8) is 0 Å². The van der Waals surface area contributed by atoms with Gasteiger partial charge in [0.05, 0.1) is 43.9 Å². The molecule has 0 amide bonds. The van der Waals surface area contributed by atoms with E-state index >= 15 is 4.39 Å². The molecule has 3 heterocycles. The molecule has 2 fully saturated rings. The highest BCUT2D eigenvalue weighted by atomic mass is 32.5. The van der Waals surface area contributed by atoms with Gasteiger partial charge >= 0.3 is 15.0 Å². The van der Waals surface area contributed by atoms with E-state index in [1.54, 1.807) is 6.07 Å². The van der Waals surface area contributed by atoms with E-state index in [2.05, 4.69) is 40.9 Å². The first-order chi connectivity index (χ1) is 23.5. The number of fused-ring (bicyclic) bond motifs is 1. The van der Waals surface area contributed by atoms with E-state index in [-0.39, 0.29) is 61.6 Å². The first-order valence-electron chi connectivity index (χ1n) is 15.6. The van der Waals surface area contributed by atoms with Crippen molar-refractivity contribution in [3.8, 4) is 6.07 Å². The van der Waals surface area contributed by atoms with Crippen LogP contribution in [0, 0.1) is 29.1 Å². The second-order valence-electron chi connectivity index (χ2n) is 12.2. The molecule has 0 radical (unpaired) electrons. The zero-order chi connectivity index (χ0) is 35.1. The Morgan fingerprint density at radius 1 is 1.33 bits per heavy atom. The standard InChI is InChI=1S/C27H37FN10O8P2S/c1-15(2)11-31-27-34-25-23(26(40)35-27)36-37-38(25)19-8-16(12-39)9-20(19)46-48(49,43-7-3-5-29)44-13-17-10-18(22(28)24(17)45-47(41)42)33-21-4-6-30-14-32-21/h4,6,14-20,22,24,39H,3,7-13H2,1-2H3,(H3-,30,31,32,33,34,35,37,40,41,42)/p+1/t16-,17+,18+,19+,20+,22-,24+,48-/m0/s1. The molecule has 0 aromatic carbocycles. The highest BCUT2D eigenvalue weighted by Gasteiger charge is 2.50. The molecule has 49 heavy (non-hydrogen) atoms. The van der Waals surface area contributed by atoms with Gasteiger partial charge in [-0.2, -0.15) is 10.2 Å². The number of aliphatic hydroxyl groups is 1. The molecule has 0 spiro atoms. The Morgan fingerprint density at radius 3 is 2.84 bits per heavy atom. The number of aromatic nitrogens is 7. The molecule has 5 rings (SSSR count). The molecule has 0 aliphatic heterocycles. The molecule has 2 aliphatic rings. The zero-order valence-corrected chi connectivity index (χ0v) is 29.3. The van der Waals surface area contributed by atoms with Crippen LogP contribution in [0.5, 0.6) is 0 Å². The van der Waals surface area contributed by atoms with Crippen LogP contribution in [0.2, 0.25) is 0 Å². The van der Waals surface area contributed by atoms with Crippen LogP contribution >= 0.6 is 15.0 Å². The van der Waals surface area contributed by atoms with Crippen LogP contribution in [0.25, 0.3) is 11.2 Å². The number of hydrogen-bond donors (Lipinski definition) is 5. The molecule has 1 unspecified atom stereocenters. The third-order valence-corrected chi connectivity index (χ3v) is 11.0. The predicted molar refractivity (Wildman–Crippen MR) is 177 cm³/mol. The largest absolute Gasteiger partial charge is 0.695 e. The maximum Gasteiger partial charge on any atom is 0.695 e. The van der Waals surface area contributed by atoms with Crippen molar-refractivity contribution in [1.82, 2.24) is 34.9 Å². The lowest BCUT2D eigenvalue weighted by Crippen LogP contribution is -2.33. The third kappa shape index (κ3) is 9.37. The van der Waals surface area contributed by atoms with Gasteiger partial charge in [0, 0.05) is 29.8 Å². The van der Waals surface area contributed by atoms with Gasteiger partial charge in [-0.3, -0.25) is 9.78 Å². The van der Waals surface area contributed by atoms with Gasteiger partial charge in [0.25, 0.3) is 5.56 Å². The van der Waals surface area contributed by atoms with Crippen molar-refractivity contribution in [2.45, 2.75) is 70.0 Å².